The van der Waals surface area contributed by atoms with Gasteiger partial charge in [0.25, 0.3) is 0 Å². The van der Waals surface area contributed by atoms with Crippen LogP contribution in [-0.4, -0.2) is 24.2 Å². The third-order valence-corrected chi connectivity index (χ3v) is 4.42. The van der Waals surface area contributed by atoms with Crippen LogP contribution in [0.3, 0.4) is 0 Å². The normalized spacial score (nSPS) is 20.1. The topological polar surface area (TPSA) is 89.2 Å². The van der Waals surface area contributed by atoms with Crippen LogP contribution in [0.1, 0.15) is 37.7 Å². The molecule has 0 radical (unpaired) electrons. The van der Waals surface area contributed by atoms with E-state index in [4.69, 9.17) is 16.2 Å². The van der Waals surface area contributed by atoms with Gasteiger partial charge in [-0.1, -0.05) is 12.5 Å². The van der Waals surface area contributed by atoms with E-state index in [9.17, 15) is 8.78 Å². The molecule has 2 aliphatic rings. The van der Waals surface area contributed by atoms with Crippen molar-refractivity contribution in [1.29, 1.82) is 0 Å². The zero-order chi connectivity index (χ0) is 17.3. The number of guanidine groups is 2. The van der Waals surface area contributed by atoms with Gasteiger partial charge in [0.15, 0.2) is 0 Å². The molecule has 0 unspecified atom stereocenters. The summed E-state index contributed by atoms with van der Waals surface area (Å²) >= 11 is 0. The highest BCUT2D eigenvalue weighted by Crippen LogP contribution is 2.43. The predicted octanol–water partition coefficient (Wildman–Crippen LogP) is 2.71. The Labute approximate surface area is 139 Å². The van der Waals surface area contributed by atoms with Crippen LogP contribution in [0.15, 0.2) is 28.2 Å². The van der Waals surface area contributed by atoms with E-state index >= 15 is 0 Å². The second-order valence-corrected chi connectivity index (χ2v) is 6.17. The molecule has 0 bridgehead atoms. The maximum absolute atomic E-state index is 12.8. The van der Waals surface area contributed by atoms with Crippen LogP contribution in [0.25, 0.3) is 0 Å². The van der Waals surface area contributed by atoms with Gasteiger partial charge >= 0.3 is 6.61 Å². The molecule has 0 amide bonds. The molecule has 6 nitrogen and oxygen atoms in total. The first-order valence-corrected chi connectivity index (χ1v) is 7.96. The monoisotopic (exact) mass is 337 g/mol. The van der Waals surface area contributed by atoms with Crippen LogP contribution in [0, 0.1) is 6.92 Å². The third kappa shape index (κ3) is 3.00. The summed E-state index contributed by atoms with van der Waals surface area (Å²) in [5.41, 5.74) is 12.6. The number of nitrogens with two attached hydrogens (primary N) is 2. The largest absolute Gasteiger partial charge is 0.433 e. The number of nitrogens with zero attached hydrogens (tertiary/aromatic N) is 3. The quantitative estimate of drug-likeness (QED) is 0.887. The average Bonchev–Trinajstić information content (AvgIpc) is 2.49. The van der Waals surface area contributed by atoms with Gasteiger partial charge < -0.3 is 16.2 Å². The molecular weight excluding hydrogens is 316 g/mol. The highest BCUT2D eigenvalue weighted by atomic mass is 19.3. The summed E-state index contributed by atoms with van der Waals surface area (Å²) < 4.78 is 30.3. The number of alkyl halides is 2. The molecule has 0 aromatic heterocycles. The van der Waals surface area contributed by atoms with Gasteiger partial charge in [0.1, 0.15) is 11.4 Å². The molecule has 1 heterocycles. The Morgan fingerprint density at radius 1 is 1.21 bits per heavy atom. The molecular formula is C16H21F2N5O. The number of aryl methyl sites for hydroxylation is 1. The standard InChI is InChI=1S/C16H21F2N5O/c1-10-5-6-12(24-13(17)18)11(9-10)23-15(20)21-14(19)22-16(23)7-3-2-4-8-16/h5-6,9,13H,2-4,7-8H2,1H3,(H4,19,20,21,22). The van der Waals surface area contributed by atoms with Gasteiger partial charge in [-0.25, -0.2) is 4.99 Å². The fraction of sp³-hybridized carbons (Fsp3) is 0.500. The van der Waals surface area contributed by atoms with Gasteiger partial charge in [0.05, 0.1) is 5.69 Å². The molecule has 24 heavy (non-hydrogen) atoms. The van der Waals surface area contributed by atoms with Gasteiger partial charge in [0.2, 0.25) is 11.9 Å². The summed E-state index contributed by atoms with van der Waals surface area (Å²) in [4.78, 5) is 10.3. The summed E-state index contributed by atoms with van der Waals surface area (Å²) in [6.07, 6.45) is 4.46. The van der Waals surface area contributed by atoms with E-state index < -0.39 is 12.3 Å². The molecule has 1 aliphatic carbocycles. The van der Waals surface area contributed by atoms with Crippen LogP contribution < -0.4 is 21.1 Å². The SMILES string of the molecule is Cc1ccc(OC(F)F)c(N2C(N)=NC(N)=NC23CCCCC3)c1. The van der Waals surface area contributed by atoms with Crippen LogP contribution >= 0.6 is 0 Å². The Morgan fingerprint density at radius 2 is 1.92 bits per heavy atom. The van der Waals surface area contributed by atoms with Crippen LogP contribution in [0.2, 0.25) is 0 Å². The van der Waals surface area contributed by atoms with Gasteiger partial charge in [-0.15, -0.1) is 0 Å². The molecule has 1 saturated carbocycles. The lowest BCUT2D eigenvalue weighted by Gasteiger charge is -2.46. The molecule has 1 spiro atoms. The Morgan fingerprint density at radius 3 is 2.58 bits per heavy atom. The van der Waals surface area contributed by atoms with E-state index in [0.717, 1.165) is 37.7 Å². The molecule has 3 rings (SSSR count). The van der Waals surface area contributed by atoms with Gasteiger partial charge in [-0.3, -0.25) is 4.90 Å². The summed E-state index contributed by atoms with van der Waals surface area (Å²) in [6.45, 7) is -1.05. The predicted molar refractivity (Wildman–Crippen MR) is 89.4 cm³/mol. The first-order valence-electron chi connectivity index (χ1n) is 7.96. The van der Waals surface area contributed by atoms with Crippen molar-refractivity contribution in [3.05, 3.63) is 23.8 Å². The molecule has 1 aromatic rings. The number of ether oxygens (including phenoxy) is 1. The summed E-state index contributed by atoms with van der Waals surface area (Å²) in [7, 11) is 0. The van der Waals surface area contributed by atoms with Crippen LogP contribution in [0.5, 0.6) is 5.75 Å². The zero-order valence-corrected chi connectivity index (χ0v) is 13.5. The lowest BCUT2D eigenvalue weighted by atomic mass is 9.87. The molecule has 0 saturated heterocycles. The maximum Gasteiger partial charge on any atom is 0.387 e. The summed E-state index contributed by atoms with van der Waals surface area (Å²) in [5.74, 6) is 0.318. The Hall–Kier alpha value is -2.38. The van der Waals surface area contributed by atoms with E-state index in [-0.39, 0.29) is 17.7 Å². The minimum atomic E-state index is -2.93. The first-order chi connectivity index (χ1) is 11.4. The van der Waals surface area contributed by atoms with Crippen molar-refractivity contribution in [2.24, 2.45) is 21.5 Å². The maximum atomic E-state index is 12.8. The summed E-state index contributed by atoms with van der Waals surface area (Å²) in [6, 6.07) is 4.99. The van der Waals surface area contributed by atoms with Crippen molar-refractivity contribution >= 4 is 17.6 Å². The molecule has 8 heteroatoms. The van der Waals surface area contributed by atoms with E-state index in [1.165, 1.54) is 6.07 Å². The van der Waals surface area contributed by atoms with Crippen molar-refractivity contribution in [3.8, 4) is 5.75 Å². The van der Waals surface area contributed by atoms with Gasteiger partial charge in [-0.05, 0) is 50.3 Å². The molecule has 130 valence electrons. The fourth-order valence-electron chi connectivity index (χ4n) is 3.47. The van der Waals surface area contributed by atoms with Crippen molar-refractivity contribution in [3.63, 3.8) is 0 Å². The van der Waals surface area contributed by atoms with E-state index in [1.54, 1.807) is 17.0 Å². The Bertz CT molecular complexity index is 683. The fourth-order valence-corrected chi connectivity index (χ4v) is 3.47. The molecule has 4 N–H and O–H groups in total. The molecule has 1 aromatic carbocycles. The molecule has 0 atom stereocenters. The third-order valence-electron chi connectivity index (χ3n) is 4.42. The molecule has 1 fully saturated rings. The second kappa shape index (κ2) is 6.26. The highest BCUT2D eigenvalue weighted by molar-refractivity contribution is 6.06. The number of halogens is 2. The smallest absolute Gasteiger partial charge is 0.387 e. The Kier molecular flexibility index (Phi) is 4.29. The minimum Gasteiger partial charge on any atom is -0.433 e. The summed E-state index contributed by atoms with van der Waals surface area (Å²) in [5, 5.41) is 0. The number of hydrogen-bond acceptors (Lipinski definition) is 6. The zero-order valence-electron chi connectivity index (χ0n) is 13.5. The van der Waals surface area contributed by atoms with Gasteiger partial charge in [0, 0.05) is 0 Å². The first kappa shape index (κ1) is 16.5. The number of aliphatic imine (C=N–C) groups is 2. The van der Waals surface area contributed by atoms with E-state index in [0.29, 0.717) is 5.69 Å². The minimum absolute atomic E-state index is 0.0503. The number of hydrogen-bond donors (Lipinski definition) is 2. The van der Waals surface area contributed by atoms with E-state index in [2.05, 4.69) is 9.98 Å². The van der Waals surface area contributed by atoms with Crippen LogP contribution in [-0.2, 0) is 0 Å². The van der Waals surface area contributed by atoms with Crippen molar-refractivity contribution in [2.45, 2.75) is 51.3 Å². The second-order valence-electron chi connectivity index (χ2n) is 6.17. The average molecular weight is 337 g/mol. The van der Waals surface area contributed by atoms with Crippen molar-refractivity contribution < 1.29 is 13.5 Å². The van der Waals surface area contributed by atoms with Crippen molar-refractivity contribution in [2.75, 3.05) is 4.90 Å². The lowest BCUT2D eigenvalue weighted by Crippen LogP contribution is -2.58. The number of anilines is 1. The van der Waals surface area contributed by atoms with Gasteiger partial charge in [-0.2, -0.15) is 13.8 Å². The van der Waals surface area contributed by atoms with Crippen molar-refractivity contribution in [1.82, 2.24) is 0 Å². The lowest BCUT2D eigenvalue weighted by molar-refractivity contribution is -0.0495. The van der Waals surface area contributed by atoms with E-state index in [1.807, 2.05) is 6.92 Å². The highest BCUT2D eigenvalue weighted by Gasteiger charge is 2.43. The Balaban J connectivity index is 2.11. The number of benzene rings is 1. The number of rotatable bonds is 3. The molecule has 1 aliphatic heterocycles. The van der Waals surface area contributed by atoms with Crippen LogP contribution in [0.4, 0.5) is 14.5 Å².